The SMILES string of the molecule is CN1CCN(c2cc(Nc3ncc(C(=O)O)s3)ncn2)CC1.Cc1ccc(NC(=O)c2cccc(C(F)(F)F)c2)cc1N. The Hall–Kier alpha value is -4.76. The number of halogens is 3. The summed E-state index contributed by atoms with van der Waals surface area (Å²) in [4.78, 5) is 40.0. The van der Waals surface area contributed by atoms with Crippen LogP contribution >= 0.6 is 11.3 Å². The Morgan fingerprint density at radius 1 is 1.02 bits per heavy atom. The number of nitrogens with two attached hydrogens (primary N) is 1. The average molecular weight is 615 g/mol. The van der Waals surface area contributed by atoms with Gasteiger partial charge in [-0.3, -0.25) is 4.79 Å². The predicted octanol–water partition coefficient (Wildman–Crippen LogP) is 4.98. The maximum atomic E-state index is 12.6. The van der Waals surface area contributed by atoms with Gasteiger partial charge in [-0.1, -0.05) is 23.5 Å². The molecule has 1 aliphatic rings. The highest BCUT2D eigenvalue weighted by molar-refractivity contribution is 7.17. The van der Waals surface area contributed by atoms with Crippen molar-refractivity contribution < 1.29 is 27.9 Å². The van der Waals surface area contributed by atoms with Crippen molar-refractivity contribution in [1.82, 2.24) is 19.9 Å². The van der Waals surface area contributed by atoms with Gasteiger partial charge in [0.2, 0.25) is 0 Å². The zero-order valence-corrected chi connectivity index (χ0v) is 24.0. The lowest BCUT2D eigenvalue weighted by Gasteiger charge is -2.33. The lowest BCUT2D eigenvalue weighted by atomic mass is 10.1. The summed E-state index contributed by atoms with van der Waals surface area (Å²) in [5.41, 5.74) is 6.57. The third kappa shape index (κ3) is 8.62. The summed E-state index contributed by atoms with van der Waals surface area (Å²) in [5, 5.41) is 14.9. The normalized spacial score (nSPS) is 13.6. The molecule has 0 aliphatic carbocycles. The number of hydrogen-bond acceptors (Lipinski definition) is 10. The minimum Gasteiger partial charge on any atom is -0.477 e. The Labute approximate surface area is 249 Å². The third-order valence-electron chi connectivity index (χ3n) is 6.42. The van der Waals surface area contributed by atoms with Crippen LogP contribution in [0.25, 0.3) is 0 Å². The number of nitrogens with zero attached hydrogens (tertiary/aromatic N) is 5. The van der Waals surface area contributed by atoms with Gasteiger partial charge in [0.05, 0.1) is 11.8 Å². The molecule has 43 heavy (non-hydrogen) atoms. The molecule has 5 N–H and O–H groups in total. The number of amides is 1. The number of benzene rings is 2. The second-order valence-corrected chi connectivity index (χ2v) is 10.6. The number of carboxylic acid groups (broad SMARTS) is 1. The number of aromatic carboxylic acids is 1. The summed E-state index contributed by atoms with van der Waals surface area (Å²) < 4.78 is 37.8. The molecule has 1 fully saturated rings. The number of aryl methyl sites for hydroxylation is 1. The summed E-state index contributed by atoms with van der Waals surface area (Å²) in [6.07, 6.45) is -1.65. The van der Waals surface area contributed by atoms with Crippen LogP contribution in [-0.2, 0) is 6.18 Å². The van der Waals surface area contributed by atoms with E-state index in [2.05, 4.69) is 42.4 Å². The second-order valence-electron chi connectivity index (χ2n) is 9.62. The van der Waals surface area contributed by atoms with E-state index < -0.39 is 23.6 Å². The van der Waals surface area contributed by atoms with Crippen LogP contribution in [0.5, 0.6) is 0 Å². The molecule has 226 valence electrons. The van der Waals surface area contributed by atoms with Crippen molar-refractivity contribution >= 4 is 51.4 Å². The van der Waals surface area contributed by atoms with E-state index >= 15 is 0 Å². The van der Waals surface area contributed by atoms with Crippen LogP contribution in [0.15, 0.2) is 61.1 Å². The molecule has 0 radical (unpaired) electrons. The molecule has 1 aliphatic heterocycles. The first-order valence-electron chi connectivity index (χ1n) is 13.0. The monoisotopic (exact) mass is 614 g/mol. The number of thiazole rings is 1. The Balaban J connectivity index is 0.000000197. The molecule has 0 atom stereocenters. The van der Waals surface area contributed by atoms with Crippen molar-refractivity contribution in [1.29, 1.82) is 0 Å². The van der Waals surface area contributed by atoms with Crippen molar-refractivity contribution in [2.24, 2.45) is 0 Å². The Kier molecular flexibility index (Phi) is 9.77. The molecule has 11 nitrogen and oxygen atoms in total. The molecule has 1 amide bonds. The first-order valence-corrected chi connectivity index (χ1v) is 13.8. The maximum absolute atomic E-state index is 12.6. The molecule has 15 heteroatoms. The first-order chi connectivity index (χ1) is 20.4. The number of piperazine rings is 1. The van der Waals surface area contributed by atoms with E-state index in [1.165, 1.54) is 24.7 Å². The molecule has 4 aromatic rings. The highest BCUT2D eigenvalue weighted by Gasteiger charge is 2.31. The van der Waals surface area contributed by atoms with Gasteiger partial charge in [-0.05, 0) is 49.9 Å². The number of carbonyl (C=O) groups excluding carboxylic acids is 1. The molecule has 1 saturated heterocycles. The van der Waals surface area contributed by atoms with Gasteiger partial charge in [0.1, 0.15) is 22.8 Å². The van der Waals surface area contributed by atoms with E-state index in [-0.39, 0.29) is 10.4 Å². The van der Waals surface area contributed by atoms with Gasteiger partial charge in [-0.2, -0.15) is 13.2 Å². The van der Waals surface area contributed by atoms with E-state index in [0.717, 1.165) is 61.0 Å². The smallest absolute Gasteiger partial charge is 0.416 e. The van der Waals surface area contributed by atoms with E-state index in [4.69, 9.17) is 10.8 Å². The molecular formula is C28H29F3N8O3S. The Bertz CT molecular complexity index is 1590. The highest BCUT2D eigenvalue weighted by atomic mass is 32.1. The topological polar surface area (TPSA) is 150 Å². The summed E-state index contributed by atoms with van der Waals surface area (Å²) in [6, 6.07) is 11.0. The van der Waals surface area contributed by atoms with Crippen LogP contribution < -0.4 is 21.3 Å². The Morgan fingerprint density at radius 3 is 2.42 bits per heavy atom. The van der Waals surface area contributed by atoms with E-state index in [9.17, 15) is 22.8 Å². The standard InChI is InChI=1S/C15H13F3N2O.C13H16N6O2S/c1-9-5-6-12(8-13(9)19)20-14(21)10-3-2-4-11(7-10)15(16,17)18;1-18-2-4-19(5-3-18)11-6-10(15-8-16-11)17-13-14-7-9(22-13)12(20)21/h2-8H,19H2,1H3,(H,20,21);6-8H,2-5H2,1H3,(H,20,21)(H,14,15,16,17). The van der Waals surface area contributed by atoms with Crippen molar-refractivity contribution in [3.8, 4) is 0 Å². The van der Waals surface area contributed by atoms with Crippen molar-refractivity contribution in [3.63, 3.8) is 0 Å². The lowest BCUT2D eigenvalue weighted by Crippen LogP contribution is -2.44. The number of anilines is 5. The molecule has 2 aromatic carbocycles. The summed E-state index contributed by atoms with van der Waals surface area (Å²) in [6.45, 7) is 5.66. The predicted molar refractivity (Wildman–Crippen MR) is 159 cm³/mol. The van der Waals surface area contributed by atoms with Crippen LogP contribution in [0.4, 0.5) is 41.3 Å². The van der Waals surface area contributed by atoms with Gasteiger partial charge in [-0.25, -0.2) is 19.7 Å². The number of carboxylic acids is 1. The fourth-order valence-electron chi connectivity index (χ4n) is 3.92. The van der Waals surface area contributed by atoms with Crippen LogP contribution in [-0.4, -0.2) is 70.1 Å². The second kappa shape index (κ2) is 13.5. The minimum absolute atomic E-state index is 0.0658. The number of nitrogens with one attached hydrogen (secondary N) is 2. The molecule has 5 rings (SSSR count). The summed E-state index contributed by atoms with van der Waals surface area (Å²) in [7, 11) is 2.10. The molecule has 0 spiro atoms. The van der Waals surface area contributed by atoms with Gasteiger partial charge in [0.25, 0.3) is 5.91 Å². The van der Waals surface area contributed by atoms with Crippen LogP contribution in [0, 0.1) is 6.92 Å². The quantitative estimate of drug-likeness (QED) is 0.219. The van der Waals surface area contributed by atoms with Crippen molar-refractivity contribution in [3.05, 3.63) is 82.6 Å². The van der Waals surface area contributed by atoms with Gasteiger partial charge in [-0.15, -0.1) is 0 Å². The van der Waals surface area contributed by atoms with Crippen LogP contribution in [0.3, 0.4) is 0 Å². The average Bonchev–Trinajstić information content (AvgIpc) is 3.44. The largest absolute Gasteiger partial charge is 0.477 e. The number of nitrogen functional groups attached to an aromatic ring is 1. The minimum atomic E-state index is -4.48. The molecule has 2 aromatic heterocycles. The Morgan fingerprint density at radius 2 is 1.77 bits per heavy atom. The molecule has 0 saturated carbocycles. The molecule has 0 unspecified atom stereocenters. The van der Waals surface area contributed by atoms with Crippen LogP contribution in [0.2, 0.25) is 0 Å². The van der Waals surface area contributed by atoms with Gasteiger partial charge < -0.3 is 31.3 Å². The number of carbonyl (C=O) groups is 2. The van der Waals surface area contributed by atoms with Crippen molar-refractivity contribution in [2.45, 2.75) is 13.1 Å². The van der Waals surface area contributed by atoms with Crippen molar-refractivity contribution in [2.75, 3.05) is 54.5 Å². The number of aromatic nitrogens is 3. The number of likely N-dealkylation sites (N-methyl/N-ethyl adjacent to an activating group) is 1. The first kappa shape index (κ1) is 31.2. The van der Waals surface area contributed by atoms with Gasteiger partial charge in [0, 0.05) is 49.2 Å². The summed E-state index contributed by atoms with van der Waals surface area (Å²) >= 11 is 1.08. The third-order valence-corrected chi connectivity index (χ3v) is 7.32. The lowest BCUT2D eigenvalue weighted by molar-refractivity contribution is -0.137. The zero-order chi connectivity index (χ0) is 31.1. The zero-order valence-electron chi connectivity index (χ0n) is 23.2. The fourth-order valence-corrected chi connectivity index (χ4v) is 4.58. The maximum Gasteiger partial charge on any atom is 0.416 e. The van der Waals surface area contributed by atoms with Crippen LogP contribution in [0.1, 0.15) is 31.2 Å². The van der Waals surface area contributed by atoms with Gasteiger partial charge in [0.15, 0.2) is 5.13 Å². The number of alkyl halides is 3. The fraction of sp³-hybridized carbons (Fsp3) is 0.250. The molecule has 3 heterocycles. The number of rotatable bonds is 6. The van der Waals surface area contributed by atoms with Gasteiger partial charge >= 0.3 is 12.1 Å². The molecule has 0 bridgehead atoms. The van der Waals surface area contributed by atoms with E-state index in [1.54, 1.807) is 18.2 Å². The number of hydrogen-bond donors (Lipinski definition) is 4. The highest BCUT2D eigenvalue weighted by Crippen LogP contribution is 2.30. The molecular weight excluding hydrogens is 585 g/mol. The van der Waals surface area contributed by atoms with E-state index in [0.29, 0.717) is 22.3 Å². The van der Waals surface area contributed by atoms with E-state index in [1.807, 2.05) is 13.0 Å². The summed E-state index contributed by atoms with van der Waals surface area (Å²) in [5.74, 6) is -0.133.